The van der Waals surface area contributed by atoms with Crippen molar-refractivity contribution in [1.82, 2.24) is 9.97 Å². The monoisotopic (exact) mass is 263 g/mol. The number of hydrogen-bond donors (Lipinski definition) is 3. The zero-order valence-electron chi connectivity index (χ0n) is 10.2. The molecular weight excluding hydrogens is 247 g/mol. The first-order valence-corrected chi connectivity index (χ1v) is 5.49. The molecule has 0 saturated carbocycles. The normalized spacial score (nSPS) is 11.7. The Hall–Kier alpha value is -1.57. The van der Waals surface area contributed by atoms with Crippen LogP contribution in [-0.2, 0) is 6.18 Å². The van der Waals surface area contributed by atoms with Crippen LogP contribution in [0.3, 0.4) is 0 Å². The van der Waals surface area contributed by atoms with Crippen molar-refractivity contribution in [2.24, 2.45) is 11.8 Å². The van der Waals surface area contributed by atoms with Gasteiger partial charge < -0.3 is 10.7 Å². The van der Waals surface area contributed by atoms with Crippen LogP contribution in [0.2, 0.25) is 0 Å². The minimum atomic E-state index is -4.60. The number of alkyl halides is 3. The van der Waals surface area contributed by atoms with E-state index in [1.165, 1.54) is 6.07 Å². The maximum absolute atomic E-state index is 12.5. The van der Waals surface area contributed by atoms with E-state index >= 15 is 0 Å². The molecule has 0 spiro atoms. The SMILES string of the molecule is CC(C)CCNc1cc(NN)nc(C(F)(F)F)n1. The molecular formula is C10H16F3N5. The molecule has 1 rings (SSSR count). The molecule has 0 radical (unpaired) electrons. The Labute approximate surface area is 103 Å². The first-order chi connectivity index (χ1) is 8.32. The molecule has 0 amide bonds. The molecule has 0 aromatic carbocycles. The summed E-state index contributed by atoms with van der Waals surface area (Å²) in [5.41, 5.74) is 2.09. The van der Waals surface area contributed by atoms with Crippen LogP contribution in [0.15, 0.2) is 6.07 Å². The van der Waals surface area contributed by atoms with Crippen molar-refractivity contribution in [2.75, 3.05) is 17.3 Å². The van der Waals surface area contributed by atoms with Gasteiger partial charge in [0.05, 0.1) is 0 Å². The molecule has 0 unspecified atom stereocenters. The van der Waals surface area contributed by atoms with Crippen molar-refractivity contribution in [1.29, 1.82) is 0 Å². The molecule has 18 heavy (non-hydrogen) atoms. The van der Waals surface area contributed by atoms with Crippen LogP contribution in [0.1, 0.15) is 26.1 Å². The minimum Gasteiger partial charge on any atom is -0.370 e. The quantitative estimate of drug-likeness (QED) is 0.561. The standard InChI is InChI=1S/C10H16F3N5/c1-6(2)3-4-15-7-5-8(18-14)17-9(16-7)10(11,12)13/h5-6H,3-4,14H2,1-2H3,(H2,15,16,17,18). The summed E-state index contributed by atoms with van der Waals surface area (Å²) < 4.78 is 37.5. The molecule has 0 aliphatic rings. The second kappa shape index (κ2) is 5.85. The van der Waals surface area contributed by atoms with E-state index < -0.39 is 12.0 Å². The van der Waals surface area contributed by atoms with E-state index in [1.54, 1.807) is 0 Å². The molecule has 0 bridgehead atoms. The molecule has 0 atom stereocenters. The van der Waals surface area contributed by atoms with Gasteiger partial charge in [-0.15, -0.1) is 0 Å². The van der Waals surface area contributed by atoms with Crippen molar-refractivity contribution < 1.29 is 13.2 Å². The van der Waals surface area contributed by atoms with Gasteiger partial charge in [-0.3, -0.25) is 0 Å². The molecule has 1 aromatic heterocycles. The summed E-state index contributed by atoms with van der Waals surface area (Å²) in [4.78, 5) is 6.66. The Bertz CT molecular complexity index is 392. The predicted molar refractivity (Wildman–Crippen MR) is 62.8 cm³/mol. The van der Waals surface area contributed by atoms with Gasteiger partial charge in [0.25, 0.3) is 0 Å². The lowest BCUT2D eigenvalue weighted by Gasteiger charge is -2.12. The van der Waals surface area contributed by atoms with Crippen molar-refractivity contribution in [3.8, 4) is 0 Å². The van der Waals surface area contributed by atoms with Gasteiger partial charge in [0.15, 0.2) is 0 Å². The third-order valence-corrected chi connectivity index (χ3v) is 2.16. The van der Waals surface area contributed by atoms with E-state index in [1.807, 2.05) is 13.8 Å². The van der Waals surface area contributed by atoms with E-state index in [4.69, 9.17) is 5.84 Å². The van der Waals surface area contributed by atoms with Gasteiger partial charge in [-0.1, -0.05) is 13.8 Å². The number of nitrogen functional groups attached to an aromatic ring is 1. The summed E-state index contributed by atoms with van der Waals surface area (Å²) in [6, 6.07) is 1.33. The summed E-state index contributed by atoms with van der Waals surface area (Å²) in [6.45, 7) is 4.58. The van der Waals surface area contributed by atoms with E-state index in [-0.39, 0.29) is 11.6 Å². The first kappa shape index (κ1) is 14.5. The Kier molecular flexibility index (Phi) is 4.71. The number of halogens is 3. The summed E-state index contributed by atoms with van der Waals surface area (Å²) >= 11 is 0. The average molecular weight is 263 g/mol. The third-order valence-electron chi connectivity index (χ3n) is 2.16. The van der Waals surface area contributed by atoms with Crippen molar-refractivity contribution >= 4 is 11.6 Å². The second-order valence-electron chi connectivity index (χ2n) is 4.21. The van der Waals surface area contributed by atoms with Gasteiger partial charge in [-0.2, -0.15) is 13.2 Å². The van der Waals surface area contributed by atoms with Gasteiger partial charge in [-0.25, -0.2) is 15.8 Å². The Morgan fingerprint density at radius 1 is 1.28 bits per heavy atom. The van der Waals surface area contributed by atoms with Crippen LogP contribution in [0.5, 0.6) is 0 Å². The van der Waals surface area contributed by atoms with Crippen LogP contribution < -0.4 is 16.6 Å². The molecule has 1 heterocycles. The van der Waals surface area contributed by atoms with E-state index in [0.29, 0.717) is 12.5 Å². The highest BCUT2D eigenvalue weighted by molar-refractivity contribution is 5.47. The lowest BCUT2D eigenvalue weighted by molar-refractivity contribution is -0.144. The van der Waals surface area contributed by atoms with Crippen LogP contribution in [0.4, 0.5) is 24.8 Å². The Morgan fingerprint density at radius 2 is 1.89 bits per heavy atom. The smallest absolute Gasteiger partial charge is 0.370 e. The molecule has 102 valence electrons. The number of aromatic nitrogens is 2. The maximum Gasteiger partial charge on any atom is 0.451 e. The fourth-order valence-corrected chi connectivity index (χ4v) is 1.23. The fourth-order valence-electron chi connectivity index (χ4n) is 1.23. The van der Waals surface area contributed by atoms with Gasteiger partial charge in [0.2, 0.25) is 5.82 Å². The highest BCUT2D eigenvalue weighted by Crippen LogP contribution is 2.28. The fraction of sp³-hybridized carbons (Fsp3) is 0.600. The minimum absolute atomic E-state index is 0.0793. The Balaban J connectivity index is 2.84. The number of hydrazine groups is 1. The number of hydrogen-bond acceptors (Lipinski definition) is 5. The lowest BCUT2D eigenvalue weighted by Crippen LogP contribution is -2.17. The summed E-state index contributed by atoms with van der Waals surface area (Å²) in [6.07, 6.45) is -3.77. The summed E-state index contributed by atoms with van der Waals surface area (Å²) in [7, 11) is 0. The zero-order chi connectivity index (χ0) is 13.8. The van der Waals surface area contributed by atoms with Crippen molar-refractivity contribution in [3.63, 3.8) is 0 Å². The highest BCUT2D eigenvalue weighted by atomic mass is 19.4. The Morgan fingerprint density at radius 3 is 2.39 bits per heavy atom. The van der Waals surface area contributed by atoms with Crippen LogP contribution in [-0.4, -0.2) is 16.5 Å². The number of nitrogens with zero attached hydrogens (tertiary/aromatic N) is 2. The number of nitrogens with one attached hydrogen (secondary N) is 2. The third kappa shape index (κ3) is 4.36. The van der Waals surface area contributed by atoms with Gasteiger partial charge in [0.1, 0.15) is 11.6 Å². The number of anilines is 2. The lowest BCUT2D eigenvalue weighted by atomic mass is 10.1. The van der Waals surface area contributed by atoms with Crippen LogP contribution in [0.25, 0.3) is 0 Å². The largest absolute Gasteiger partial charge is 0.451 e. The van der Waals surface area contributed by atoms with Gasteiger partial charge in [0, 0.05) is 12.6 Å². The summed E-state index contributed by atoms with van der Waals surface area (Å²) in [5.74, 6) is 4.33. The van der Waals surface area contributed by atoms with Crippen LogP contribution >= 0.6 is 0 Å². The molecule has 8 heteroatoms. The molecule has 0 aliphatic carbocycles. The van der Waals surface area contributed by atoms with E-state index in [2.05, 4.69) is 20.7 Å². The topological polar surface area (TPSA) is 75.9 Å². The molecule has 5 nitrogen and oxygen atoms in total. The predicted octanol–water partition coefficient (Wildman–Crippen LogP) is 2.24. The van der Waals surface area contributed by atoms with E-state index in [9.17, 15) is 13.2 Å². The van der Waals surface area contributed by atoms with Crippen LogP contribution in [0, 0.1) is 5.92 Å². The first-order valence-electron chi connectivity index (χ1n) is 5.49. The second-order valence-corrected chi connectivity index (χ2v) is 4.21. The van der Waals surface area contributed by atoms with Crippen molar-refractivity contribution in [3.05, 3.63) is 11.9 Å². The van der Waals surface area contributed by atoms with Crippen molar-refractivity contribution in [2.45, 2.75) is 26.4 Å². The van der Waals surface area contributed by atoms with E-state index in [0.717, 1.165) is 6.42 Å². The molecule has 4 N–H and O–H groups in total. The molecule has 0 saturated heterocycles. The average Bonchev–Trinajstić information content (AvgIpc) is 2.27. The molecule has 1 aromatic rings. The zero-order valence-corrected chi connectivity index (χ0v) is 10.2. The molecule has 0 fully saturated rings. The highest BCUT2D eigenvalue weighted by Gasteiger charge is 2.35. The van der Waals surface area contributed by atoms with Gasteiger partial charge in [-0.05, 0) is 12.3 Å². The molecule has 0 aliphatic heterocycles. The maximum atomic E-state index is 12.5. The summed E-state index contributed by atoms with van der Waals surface area (Å²) in [5, 5.41) is 2.82. The number of nitrogens with two attached hydrogens (primary N) is 1. The number of rotatable bonds is 5. The van der Waals surface area contributed by atoms with Gasteiger partial charge >= 0.3 is 6.18 Å².